The highest BCUT2D eigenvalue weighted by Gasteiger charge is 2.25. The van der Waals surface area contributed by atoms with Gasteiger partial charge in [0, 0.05) is 0 Å². The fourth-order valence-corrected chi connectivity index (χ4v) is 1.19. The average molecular weight is 238 g/mol. The zero-order valence-electron chi connectivity index (χ0n) is 11.1. The third kappa shape index (κ3) is 4.27. The largest absolute Gasteiger partial charge is 0.494 e. The van der Waals surface area contributed by atoms with Crippen LogP contribution in [0.15, 0.2) is 24.3 Å². The van der Waals surface area contributed by atoms with Gasteiger partial charge in [-0.3, -0.25) is 0 Å². The topological polar surface area (TPSA) is 38.7 Å². The lowest BCUT2D eigenvalue weighted by Crippen LogP contribution is -2.37. The van der Waals surface area contributed by atoms with Gasteiger partial charge in [-0.2, -0.15) is 0 Å². The summed E-state index contributed by atoms with van der Waals surface area (Å²) < 4.78 is 10.9. The molecule has 0 bridgehead atoms. The Morgan fingerprint density at radius 1 is 1.12 bits per heavy atom. The Hall–Kier alpha value is -1.22. The number of hydrogen-bond donors (Lipinski definition) is 1. The first-order chi connectivity index (χ1) is 7.95. The van der Waals surface area contributed by atoms with Crippen molar-refractivity contribution in [3.63, 3.8) is 0 Å². The lowest BCUT2D eigenvalue weighted by Gasteiger charge is -2.27. The van der Waals surface area contributed by atoms with Gasteiger partial charge >= 0.3 is 0 Å². The summed E-state index contributed by atoms with van der Waals surface area (Å²) in [5, 5.41) is 10.0. The predicted molar refractivity (Wildman–Crippen MR) is 68.6 cm³/mol. The minimum atomic E-state index is -0.807. The van der Waals surface area contributed by atoms with Crippen molar-refractivity contribution in [2.45, 2.75) is 33.3 Å². The molecule has 0 aromatic heterocycles. The molecule has 1 aromatic carbocycles. The van der Waals surface area contributed by atoms with Crippen LogP contribution < -0.4 is 9.47 Å². The number of hydrogen-bond acceptors (Lipinski definition) is 3. The average Bonchev–Trinajstić information content (AvgIpc) is 2.28. The van der Waals surface area contributed by atoms with E-state index in [0.29, 0.717) is 13.2 Å². The van der Waals surface area contributed by atoms with Crippen LogP contribution in [-0.2, 0) is 0 Å². The Labute approximate surface area is 103 Å². The molecule has 0 amide bonds. The Kier molecular flexibility index (Phi) is 4.82. The van der Waals surface area contributed by atoms with E-state index in [9.17, 15) is 5.11 Å². The van der Waals surface area contributed by atoms with Crippen molar-refractivity contribution in [3.8, 4) is 11.5 Å². The van der Waals surface area contributed by atoms with E-state index >= 15 is 0 Å². The van der Waals surface area contributed by atoms with Gasteiger partial charge in [0.15, 0.2) is 0 Å². The zero-order chi connectivity index (χ0) is 12.9. The number of aliphatic hydroxyl groups is 1. The highest BCUT2D eigenvalue weighted by molar-refractivity contribution is 5.31. The molecule has 0 aliphatic rings. The summed E-state index contributed by atoms with van der Waals surface area (Å²) in [5.41, 5.74) is -0.807. The molecule has 0 aliphatic carbocycles. The Morgan fingerprint density at radius 3 is 2.00 bits per heavy atom. The van der Waals surface area contributed by atoms with E-state index in [0.717, 1.165) is 11.5 Å². The highest BCUT2D eigenvalue weighted by Crippen LogP contribution is 2.21. The van der Waals surface area contributed by atoms with Crippen LogP contribution in [0.25, 0.3) is 0 Å². The van der Waals surface area contributed by atoms with E-state index in [1.54, 1.807) is 6.92 Å². The van der Waals surface area contributed by atoms with Crippen molar-refractivity contribution in [1.29, 1.82) is 0 Å². The molecule has 1 aromatic rings. The molecule has 0 radical (unpaired) electrons. The van der Waals surface area contributed by atoms with Crippen LogP contribution in [0.2, 0.25) is 0 Å². The molecule has 1 atom stereocenters. The molecular formula is C14H22O3. The lowest BCUT2D eigenvalue weighted by atomic mass is 9.94. The molecule has 96 valence electrons. The fourth-order valence-electron chi connectivity index (χ4n) is 1.19. The molecule has 0 fully saturated rings. The van der Waals surface area contributed by atoms with Gasteiger partial charge in [0.25, 0.3) is 0 Å². The smallest absolute Gasteiger partial charge is 0.119 e. The number of benzene rings is 1. The Bertz CT molecular complexity index is 328. The van der Waals surface area contributed by atoms with Gasteiger partial charge in [0.05, 0.1) is 12.2 Å². The van der Waals surface area contributed by atoms with Crippen LogP contribution >= 0.6 is 0 Å². The fraction of sp³-hybridized carbons (Fsp3) is 0.571. The van der Waals surface area contributed by atoms with Gasteiger partial charge in [0.2, 0.25) is 0 Å². The Morgan fingerprint density at radius 2 is 1.59 bits per heavy atom. The van der Waals surface area contributed by atoms with Crippen LogP contribution in [0.3, 0.4) is 0 Å². The molecule has 17 heavy (non-hydrogen) atoms. The number of ether oxygens (including phenoxy) is 2. The van der Waals surface area contributed by atoms with Gasteiger partial charge < -0.3 is 14.6 Å². The summed E-state index contributed by atoms with van der Waals surface area (Å²) in [6.45, 7) is 8.63. The molecule has 0 spiro atoms. The van der Waals surface area contributed by atoms with Crippen LogP contribution in [0.1, 0.15) is 27.7 Å². The number of rotatable bonds is 6. The molecule has 3 nitrogen and oxygen atoms in total. The monoisotopic (exact) mass is 238 g/mol. The first-order valence-electron chi connectivity index (χ1n) is 6.03. The third-order valence-corrected chi connectivity index (χ3v) is 2.91. The maximum atomic E-state index is 10.0. The van der Waals surface area contributed by atoms with E-state index in [-0.39, 0.29) is 5.92 Å². The molecule has 0 heterocycles. The quantitative estimate of drug-likeness (QED) is 0.828. The SMILES string of the molecule is CCOc1ccc(OCC(C)(O)C(C)C)cc1. The van der Waals surface area contributed by atoms with Crippen LogP contribution in [0.4, 0.5) is 0 Å². The zero-order valence-corrected chi connectivity index (χ0v) is 11.1. The molecule has 1 N–H and O–H groups in total. The summed E-state index contributed by atoms with van der Waals surface area (Å²) >= 11 is 0. The summed E-state index contributed by atoms with van der Waals surface area (Å²) in [7, 11) is 0. The van der Waals surface area contributed by atoms with Crippen molar-refractivity contribution in [1.82, 2.24) is 0 Å². The van der Waals surface area contributed by atoms with Crippen LogP contribution in [0, 0.1) is 5.92 Å². The second kappa shape index (κ2) is 5.92. The van der Waals surface area contributed by atoms with E-state index in [4.69, 9.17) is 9.47 Å². The predicted octanol–water partition coefficient (Wildman–Crippen LogP) is 2.87. The molecule has 0 aliphatic heterocycles. The minimum absolute atomic E-state index is 0.158. The van der Waals surface area contributed by atoms with Crippen LogP contribution in [-0.4, -0.2) is 23.9 Å². The van der Waals surface area contributed by atoms with Crippen molar-refractivity contribution in [3.05, 3.63) is 24.3 Å². The van der Waals surface area contributed by atoms with Crippen molar-refractivity contribution < 1.29 is 14.6 Å². The maximum Gasteiger partial charge on any atom is 0.119 e. The highest BCUT2D eigenvalue weighted by atomic mass is 16.5. The minimum Gasteiger partial charge on any atom is -0.494 e. The van der Waals surface area contributed by atoms with Crippen molar-refractivity contribution >= 4 is 0 Å². The normalized spacial score (nSPS) is 14.5. The first kappa shape index (κ1) is 13.8. The van der Waals surface area contributed by atoms with Crippen LogP contribution in [0.5, 0.6) is 11.5 Å². The Balaban J connectivity index is 2.52. The van der Waals surface area contributed by atoms with E-state index < -0.39 is 5.60 Å². The molecule has 1 rings (SSSR count). The summed E-state index contributed by atoms with van der Waals surface area (Å²) in [5.74, 6) is 1.73. The van der Waals surface area contributed by atoms with Crippen molar-refractivity contribution in [2.75, 3.05) is 13.2 Å². The molecule has 0 saturated heterocycles. The van der Waals surface area contributed by atoms with E-state index in [1.807, 2.05) is 45.0 Å². The van der Waals surface area contributed by atoms with Gasteiger partial charge in [-0.05, 0) is 44.0 Å². The third-order valence-electron chi connectivity index (χ3n) is 2.91. The summed E-state index contributed by atoms with van der Waals surface area (Å²) in [4.78, 5) is 0. The molecule has 1 unspecified atom stereocenters. The molecule has 3 heteroatoms. The first-order valence-corrected chi connectivity index (χ1v) is 6.03. The van der Waals surface area contributed by atoms with Gasteiger partial charge in [0.1, 0.15) is 18.1 Å². The summed E-state index contributed by atoms with van der Waals surface area (Å²) in [6.07, 6.45) is 0. The van der Waals surface area contributed by atoms with Gasteiger partial charge in [-0.25, -0.2) is 0 Å². The van der Waals surface area contributed by atoms with Crippen molar-refractivity contribution in [2.24, 2.45) is 5.92 Å². The lowest BCUT2D eigenvalue weighted by molar-refractivity contribution is -0.0266. The van der Waals surface area contributed by atoms with Gasteiger partial charge in [-0.15, -0.1) is 0 Å². The van der Waals surface area contributed by atoms with Gasteiger partial charge in [-0.1, -0.05) is 13.8 Å². The summed E-state index contributed by atoms with van der Waals surface area (Å²) in [6, 6.07) is 7.43. The van der Waals surface area contributed by atoms with E-state index in [1.165, 1.54) is 0 Å². The second-order valence-corrected chi connectivity index (χ2v) is 4.70. The molecular weight excluding hydrogens is 216 g/mol. The maximum absolute atomic E-state index is 10.0. The standard InChI is InChI=1S/C14H22O3/c1-5-16-12-6-8-13(9-7-12)17-10-14(4,15)11(2)3/h6-9,11,15H,5,10H2,1-4H3. The second-order valence-electron chi connectivity index (χ2n) is 4.70. The molecule has 0 saturated carbocycles. The van der Waals surface area contributed by atoms with E-state index in [2.05, 4.69) is 0 Å².